The fourth-order valence-electron chi connectivity index (χ4n) is 1.75. The van der Waals surface area contributed by atoms with E-state index in [1.807, 2.05) is 0 Å². The summed E-state index contributed by atoms with van der Waals surface area (Å²) < 4.78 is 13.5. The van der Waals surface area contributed by atoms with Gasteiger partial charge >= 0.3 is 0 Å². The van der Waals surface area contributed by atoms with Crippen LogP contribution in [0.1, 0.15) is 31.8 Å². The Labute approximate surface area is 104 Å². The molecule has 2 aromatic carbocycles. The summed E-state index contributed by atoms with van der Waals surface area (Å²) in [6, 6.07) is 10.6. The van der Waals surface area contributed by atoms with E-state index in [0.717, 1.165) is 0 Å². The molecule has 90 valence electrons. The predicted molar refractivity (Wildman–Crippen MR) is 66.4 cm³/mol. The van der Waals surface area contributed by atoms with Crippen LogP contribution in [0.25, 0.3) is 0 Å². The molecule has 0 amide bonds. The SMILES string of the molecule is Cc1ccc(C=O)cc1C(=O)c1ccccc1F. The van der Waals surface area contributed by atoms with Crippen molar-refractivity contribution >= 4 is 12.1 Å². The van der Waals surface area contributed by atoms with E-state index in [0.29, 0.717) is 23.0 Å². The molecule has 3 heteroatoms. The molecule has 18 heavy (non-hydrogen) atoms. The lowest BCUT2D eigenvalue weighted by Gasteiger charge is -2.06. The molecular weight excluding hydrogens is 231 g/mol. The van der Waals surface area contributed by atoms with E-state index < -0.39 is 11.6 Å². The van der Waals surface area contributed by atoms with Gasteiger partial charge in [0.25, 0.3) is 0 Å². The first-order chi connectivity index (χ1) is 8.63. The van der Waals surface area contributed by atoms with Crippen LogP contribution < -0.4 is 0 Å². The molecule has 0 saturated carbocycles. The summed E-state index contributed by atoms with van der Waals surface area (Å²) in [7, 11) is 0. The highest BCUT2D eigenvalue weighted by molar-refractivity contribution is 6.10. The first kappa shape index (κ1) is 12.2. The molecule has 2 rings (SSSR count). The molecule has 2 aromatic rings. The van der Waals surface area contributed by atoms with Crippen molar-refractivity contribution < 1.29 is 14.0 Å². The largest absolute Gasteiger partial charge is 0.298 e. The number of ketones is 1. The molecule has 0 saturated heterocycles. The second kappa shape index (κ2) is 4.92. The molecule has 0 radical (unpaired) electrons. The molecule has 0 unspecified atom stereocenters. The first-order valence-corrected chi connectivity index (χ1v) is 5.48. The maximum Gasteiger partial charge on any atom is 0.196 e. The van der Waals surface area contributed by atoms with Crippen LogP contribution in [0.2, 0.25) is 0 Å². The van der Waals surface area contributed by atoms with Crippen LogP contribution in [-0.4, -0.2) is 12.1 Å². The Balaban J connectivity index is 2.52. The Morgan fingerprint density at radius 3 is 2.50 bits per heavy atom. The lowest BCUT2D eigenvalue weighted by Crippen LogP contribution is -2.06. The third-order valence-electron chi connectivity index (χ3n) is 2.76. The second-order valence-electron chi connectivity index (χ2n) is 4.00. The standard InChI is InChI=1S/C15H11FO2/c1-10-6-7-11(9-17)8-13(10)15(18)12-4-2-3-5-14(12)16/h2-9H,1H3. The summed E-state index contributed by atoms with van der Waals surface area (Å²) in [5.74, 6) is -0.965. The van der Waals surface area contributed by atoms with Crippen molar-refractivity contribution in [1.29, 1.82) is 0 Å². The van der Waals surface area contributed by atoms with Crippen molar-refractivity contribution in [1.82, 2.24) is 0 Å². The van der Waals surface area contributed by atoms with Crippen LogP contribution in [0.15, 0.2) is 42.5 Å². The molecule has 0 spiro atoms. The molecule has 0 atom stereocenters. The van der Waals surface area contributed by atoms with Crippen LogP contribution in [0.5, 0.6) is 0 Å². The van der Waals surface area contributed by atoms with Crippen LogP contribution in [-0.2, 0) is 0 Å². The van der Waals surface area contributed by atoms with Gasteiger partial charge in [-0.1, -0.05) is 24.3 Å². The van der Waals surface area contributed by atoms with E-state index in [1.54, 1.807) is 25.1 Å². The number of hydrogen-bond acceptors (Lipinski definition) is 2. The summed E-state index contributed by atoms with van der Waals surface area (Å²) in [6.45, 7) is 1.75. The highest BCUT2D eigenvalue weighted by Gasteiger charge is 2.15. The van der Waals surface area contributed by atoms with Crippen LogP contribution in [0.3, 0.4) is 0 Å². The summed E-state index contributed by atoms with van der Waals surface area (Å²) >= 11 is 0. The number of carbonyl (C=O) groups is 2. The van der Waals surface area contributed by atoms with Gasteiger partial charge in [0.15, 0.2) is 5.78 Å². The van der Waals surface area contributed by atoms with Gasteiger partial charge in [-0.25, -0.2) is 4.39 Å². The van der Waals surface area contributed by atoms with Crippen LogP contribution >= 0.6 is 0 Å². The Kier molecular flexibility index (Phi) is 3.33. The van der Waals surface area contributed by atoms with E-state index in [9.17, 15) is 14.0 Å². The molecule has 0 aliphatic rings. The van der Waals surface area contributed by atoms with Gasteiger partial charge < -0.3 is 0 Å². The van der Waals surface area contributed by atoms with Crippen molar-refractivity contribution in [2.45, 2.75) is 6.92 Å². The number of halogens is 1. The van der Waals surface area contributed by atoms with Crippen molar-refractivity contribution in [2.24, 2.45) is 0 Å². The van der Waals surface area contributed by atoms with Gasteiger partial charge in [0, 0.05) is 11.1 Å². The van der Waals surface area contributed by atoms with Gasteiger partial charge in [0.1, 0.15) is 12.1 Å². The molecule has 0 bridgehead atoms. The van der Waals surface area contributed by atoms with Gasteiger partial charge in [0.05, 0.1) is 5.56 Å². The highest BCUT2D eigenvalue weighted by Crippen LogP contribution is 2.17. The fraction of sp³-hybridized carbons (Fsp3) is 0.0667. The number of aldehydes is 1. The van der Waals surface area contributed by atoms with E-state index in [1.165, 1.54) is 24.3 Å². The fourth-order valence-corrected chi connectivity index (χ4v) is 1.75. The zero-order valence-corrected chi connectivity index (χ0v) is 9.81. The number of rotatable bonds is 3. The van der Waals surface area contributed by atoms with Crippen molar-refractivity contribution in [3.63, 3.8) is 0 Å². The molecule has 0 aliphatic carbocycles. The quantitative estimate of drug-likeness (QED) is 0.612. The average Bonchev–Trinajstić information content (AvgIpc) is 2.39. The number of hydrogen-bond donors (Lipinski definition) is 0. The predicted octanol–water partition coefficient (Wildman–Crippen LogP) is 3.18. The molecule has 0 N–H and O–H groups in total. The van der Waals surface area contributed by atoms with Crippen molar-refractivity contribution in [3.05, 3.63) is 70.5 Å². The minimum absolute atomic E-state index is 0.0173. The maximum atomic E-state index is 13.5. The lowest BCUT2D eigenvalue weighted by molar-refractivity contribution is 0.103. The second-order valence-corrected chi connectivity index (χ2v) is 4.00. The molecule has 0 aromatic heterocycles. The molecule has 2 nitrogen and oxygen atoms in total. The summed E-state index contributed by atoms with van der Waals surface area (Å²) in [5, 5.41) is 0. The maximum absolute atomic E-state index is 13.5. The zero-order valence-electron chi connectivity index (χ0n) is 9.81. The Morgan fingerprint density at radius 1 is 1.11 bits per heavy atom. The number of benzene rings is 2. The van der Waals surface area contributed by atoms with E-state index in [2.05, 4.69) is 0 Å². The van der Waals surface area contributed by atoms with E-state index >= 15 is 0 Å². The number of aryl methyl sites for hydroxylation is 1. The molecule has 0 fully saturated rings. The Bertz CT molecular complexity index is 618. The van der Waals surface area contributed by atoms with Gasteiger partial charge in [-0.15, -0.1) is 0 Å². The highest BCUT2D eigenvalue weighted by atomic mass is 19.1. The third-order valence-corrected chi connectivity index (χ3v) is 2.76. The van der Waals surface area contributed by atoms with E-state index in [-0.39, 0.29) is 5.56 Å². The minimum Gasteiger partial charge on any atom is -0.298 e. The Morgan fingerprint density at radius 2 is 1.83 bits per heavy atom. The average molecular weight is 242 g/mol. The van der Waals surface area contributed by atoms with Crippen molar-refractivity contribution in [2.75, 3.05) is 0 Å². The molecular formula is C15H11FO2. The van der Waals surface area contributed by atoms with Gasteiger partial charge in [-0.05, 0) is 30.7 Å². The summed E-state index contributed by atoms with van der Waals surface area (Å²) in [4.78, 5) is 22.9. The summed E-state index contributed by atoms with van der Waals surface area (Å²) in [5.41, 5.74) is 1.49. The topological polar surface area (TPSA) is 34.1 Å². The Hall–Kier alpha value is -2.29. The van der Waals surface area contributed by atoms with Gasteiger partial charge in [0.2, 0.25) is 0 Å². The molecule has 0 aliphatic heterocycles. The monoisotopic (exact) mass is 242 g/mol. The van der Waals surface area contributed by atoms with Crippen LogP contribution in [0, 0.1) is 12.7 Å². The minimum atomic E-state index is -0.557. The summed E-state index contributed by atoms with van der Waals surface area (Å²) in [6.07, 6.45) is 0.664. The van der Waals surface area contributed by atoms with Gasteiger partial charge in [-0.3, -0.25) is 9.59 Å². The number of carbonyl (C=O) groups excluding carboxylic acids is 2. The lowest BCUT2D eigenvalue weighted by atomic mass is 9.97. The zero-order chi connectivity index (χ0) is 13.1. The molecule has 0 heterocycles. The van der Waals surface area contributed by atoms with Gasteiger partial charge in [-0.2, -0.15) is 0 Å². The third kappa shape index (κ3) is 2.20. The normalized spacial score (nSPS) is 10.1. The smallest absolute Gasteiger partial charge is 0.196 e. The van der Waals surface area contributed by atoms with E-state index in [4.69, 9.17) is 0 Å². The van der Waals surface area contributed by atoms with Crippen molar-refractivity contribution in [3.8, 4) is 0 Å². The van der Waals surface area contributed by atoms with Crippen LogP contribution in [0.4, 0.5) is 4.39 Å². The first-order valence-electron chi connectivity index (χ1n) is 5.48.